The largest absolute Gasteiger partial charge is 0.497 e. The average molecular weight is 382 g/mol. The summed E-state index contributed by atoms with van der Waals surface area (Å²) >= 11 is 1.73. The number of pyridine rings is 1. The Morgan fingerprint density at radius 1 is 1.30 bits per heavy atom. The molecule has 0 bridgehead atoms. The first-order valence-corrected chi connectivity index (χ1v) is 10.0. The topological polar surface area (TPSA) is 68.5 Å². The predicted molar refractivity (Wildman–Crippen MR) is 109 cm³/mol. The molecule has 2 heterocycles. The van der Waals surface area contributed by atoms with Gasteiger partial charge in [0, 0.05) is 12.3 Å². The molecule has 0 saturated heterocycles. The van der Waals surface area contributed by atoms with E-state index < -0.39 is 0 Å². The van der Waals surface area contributed by atoms with Crippen LogP contribution in [0.15, 0.2) is 54.7 Å². The van der Waals surface area contributed by atoms with Crippen LogP contribution in [-0.2, 0) is 4.79 Å². The van der Waals surface area contributed by atoms with E-state index in [0.29, 0.717) is 0 Å². The van der Waals surface area contributed by atoms with E-state index in [1.54, 1.807) is 24.9 Å². The highest BCUT2D eigenvalue weighted by Gasteiger charge is 2.19. The molecule has 2 aromatic heterocycles. The van der Waals surface area contributed by atoms with Crippen molar-refractivity contribution in [2.24, 2.45) is 0 Å². The summed E-state index contributed by atoms with van der Waals surface area (Å²) in [6.07, 6.45) is 8.03. The van der Waals surface area contributed by atoms with Crippen molar-refractivity contribution >= 4 is 29.4 Å². The van der Waals surface area contributed by atoms with Gasteiger partial charge >= 0.3 is 0 Å². The minimum atomic E-state index is -0.211. The van der Waals surface area contributed by atoms with Crippen molar-refractivity contribution in [3.05, 3.63) is 66.1 Å². The van der Waals surface area contributed by atoms with E-state index in [0.717, 1.165) is 35.0 Å². The molecule has 0 saturated carbocycles. The number of ether oxygens (including phenoxy) is 1. The molecule has 0 aliphatic rings. The van der Waals surface area contributed by atoms with Gasteiger partial charge in [-0.05, 0) is 54.3 Å². The maximum atomic E-state index is 12.5. The van der Waals surface area contributed by atoms with Gasteiger partial charge in [0.25, 0.3) is 0 Å². The minimum Gasteiger partial charge on any atom is -0.497 e. The SMILES string of the molecule is COc1cccc(/C=C/C(=O)N[C@@H](CCSC)c2nnc3ccccn23)c1. The van der Waals surface area contributed by atoms with E-state index in [1.807, 2.05) is 59.3 Å². The van der Waals surface area contributed by atoms with Crippen molar-refractivity contribution in [2.45, 2.75) is 12.5 Å². The smallest absolute Gasteiger partial charge is 0.244 e. The normalized spacial score (nSPS) is 12.4. The third kappa shape index (κ3) is 4.89. The first kappa shape index (κ1) is 19.0. The van der Waals surface area contributed by atoms with Gasteiger partial charge in [0.15, 0.2) is 11.5 Å². The van der Waals surface area contributed by atoms with Crippen LogP contribution in [0.4, 0.5) is 0 Å². The molecule has 0 spiro atoms. The number of hydrogen-bond donors (Lipinski definition) is 1. The molecule has 0 unspecified atom stereocenters. The number of hydrogen-bond acceptors (Lipinski definition) is 5. The van der Waals surface area contributed by atoms with Crippen LogP contribution in [0.3, 0.4) is 0 Å². The van der Waals surface area contributed by atoms with Gasteiger partial charge in [-0.15, -0.1) is 10.2 Å². The molecule has 6 nitrogen and oxygen atoms in total. The van der Waals surface area contributed by atoms with Crippen LogP contribution < -0.4 is 10.1 Å². The Balaban J connectivity index is 1.75. The molecule has 1 aromatic carbocycles. The number of amides is 1. The minimum absolute atomic E-state index is 0.170. The average Bonchev–Trinajstić information content (AvgIpc) is 3.14. The van der Waals surface area contributed by atoms with Gasteiger partial charge < -0.3 is 10.1 Å². The number of carbonyl (C=O) groups is 1. The van der Waals surface area contributed by atoms with Gasteiger partial charge in [0.2, 0.25) is 5.91 Å². The van der Waals surface area contributed by atoms with Gasteiger partial charge in [-0.3, -0.25) is 9.20 Å². The molecule has 0 radical (unpaired) electrons. The zero-order valence-electron chi connectivity index (χ0n) is 15.3. The first-order chi connectivity index (χ1) is 13.2. The third-order valence-electron chi connectivity index (χ3n) is 4.10. The molecule has 7 heteroatoms. The van der Waals surface area contributed by atoms with E-state index in [1.165, 1.54) is 6.08 Å². The lowest BCUT2D eigenvalue weighted by Crippen LogP contribution is -2.29. The van der Waals surface area contributed by atoms with Crippen molar-refractivity contribution in [3.63, 3.8) is 0 Å². The monoisotopic (exact) mass is 382 g/mol. The maximum absolute atomic E-state index is 12.5. The van der Waals surface area contributed by atoms with Crippen LogP contribution in [0.1, 0.15) is 23.9 Å². The summed E-state index contributed by atoms with van der Waals surface area (Å²) in [7, 11) is 1.62. The number of fused-ring (bicyclic) bond motifs is 1. The molecule has 1 N–H and O–H groups in total. The fourth-order valence-corrected chi connectivity index (χ4v) is 3.21. The summed E-state index contributed by atoms with van der Waals surface area (Å²) in [5.41, 5.74) is 1.67. The molecule has 140 valence electrons. The van der Waals surface area contributed by atoms with E-state index in [4.69, 9.17) is 4.74 Å². The molecule has 0 aliphatic heterocycles. The van der Waals surface area contributed by atoms with Crippen LogP contribution in [0.5, 0.6) is 5.75 Å². The molecule has 0 fully saturated rings. The molecule has 0 aliphatic carbocycles. The molecule has 1 amide bonds. The number of nitrogens with one attached hydrogen (secondary N) is 1. The number of thioether (sulfide) groups is 1. The number of carbonyl (C=O) groups excluding carboxylic acids is 1. The Hall–Kier alpha value is -2.80. The lowest BCUT2D eigenvalue weighted by molar-refractivity contribution is -0.117. The molecular formula is C20H22N4O2S. The molecule has 27 heavy (non-hydrogen) atoms. The number of methoxy groups -OCH3 is 1. The zero-order valence-corrected chi connectivity index (χ0v) is 16.1. The molecule has 3 rings (SSSR count). The lowest BCUT2D eigenvalue weighted by atomic mass is 10.2. The van der Waals surface area contributed by atoms with E-state index in [2.05, 4.69) is 15.5 Å². The Bertz CT molecular complexity index is 938. The van der Waals surface area contributed by atoms with Crippen molar-refractivity contribution in [1.82, 2.24) is 19.9 Å². The first-order valence-electron chi connectivity index (χ1n) is 8.62. The van der Waals surface area contributed by atoms with Crippen molar-refractivity contribution in [2.75, 3.05) is 19.1 Å². The van der Waals surface area contributed by atoms with E-state index in [9.17, 15) is 4.79 Å². The van der Waals surface area contributed by atoms with Crippen LogP contribution in [0.2, 0.25) is 0 Å². The standard InChI is InChI=1S/C20H22N4O2S/c1-26-16-7-5-6-15(14-16)9-10-19(25)21-17(11-13-27-2)20-23-22-18-8-3-4-12-24(18)20/h3-10,12,14,17H,11,13H2,1-2H3,(H,21,25)/b10-9+/t17-/m0/s1. The van der Waals surface area contributed by atoms with Crippen molar-refractivity contribution in [3.8, 4) is 5.75 Å². The van der Waals surface area contributed by atoms with Crippen LogP contribution >= 0.6 is 11.8 Å². The Labute approximate surface area is 162 Å². The van der Waals surface area contributed by atoms with Gasteiger partial charge in [-0.2, -0.15) is 11.8 Å². The number of rotatable bonds is 8. The summed E-state index contributed by atoms with van der Waals surface area (Å²) in [5.74, 6) is 2.23. The number of nitrogens with zero attached hydrogens (tertiary/aromatic N) is 3. The predicted octanol–water partition coefficient (Wildman–Crippen LogP) is 3.36. The van der Waals surface area contributed by atoms with Crippen molar-refractivity contribution in [1.29, 1.82) is 0 Å². The highest BCUT2D eigenvalue weighted by Crippen LogP contribution is 2.18. The fraction of sp³-hybridized carbons (Fsp3) is 0.250. The van der Waals surface area contributed by atoms with Crippen molar-refractivity contribution < 1.29 is 9.53 Å². The molecular weight excluding hydrogens is 360 g/mol. The van der Waals surface area contributed by atoms with Crippen LogP contribution in [-0.4, -0.2) is 39.6 Å². The zero-order chi connectivity index (χ0) is 19.1. The fourth-order valence-electron chi connectivity index (χ4n) is 2.74. The quantitative estimate of drug-likeness (QED) is 0.605. The van der Waals surface area contributed by atoms with Crippen LogP contribution in [0, 0.1) is 0 Å². The summed E-state index contributed by atoms with van der Waals surface area (Å²) in [6, 6.07) is 13.1. The van der Waals surface area contributed by atoms with Gasteiger partial charge in [-0.1, -0.05) is 18.2 Å². The van der Waals surface area contributed by atoms with Gasteiger partial charge in [0.05, 0.1) is 13.2 Å². The number of aromatic nitrogens is 3. The second-order valence-electron chi connectivity index (χ2n) is 5.94. The lowest BCUT2D eigenvalue weighted by Gasteiger charge is -2.16. The maximum Gasteiger partial charge on any atom is 0.244 e. The molecule has 1 atom stereocenters. The Morgan fingerprint density at radius 2 is 2.19 bits per heavy atom. The van der Waals surface area contributed by atoms with Gasteiger partial charge in [-0.25, -0.2) is 0 Å². The second-order valence-corrected chi connectivity index (χ2v) is 6.93. The van der Waals surface area contributed by atoms with E-state index in [-0.39, 0.29) is 11.9 Å². The summed E-state index contributed by atoms with van der Waals surface area (Å²) in [4.78, 5) is 12.5. The highest BCUT2D eigenvalue weighted by atomic mass is 32.2. The molecule has 3 aromatic rings. The summed E-state index contributed by atoms with van der Waals surface area (Å²) in [5, 5.41) is 11.5. The third-order valence-corrected chi connectivity index (χ3v) is 4.74. The van der Waals surface area contributed by atoms with E-state index >= 15 is 0 Å². The second kappa shape index (κ2) is 9.23. The summed E-state index contributed by atoms with van der Waals surface area (Å²) in [6.45, 7) is 0. The Kier molecular flexibility index (Phi) is 6.49. The van der Waals surface area contributed by atoms with Crippen LogP contribution in [0.25, 0.3) is 11.7 Å². The highest BCUT2D eigenvalue weighted by molar-refractivity contribution is 7.98. The summed E-state index contributed by atoms with van der Waals surface area (Å²) < 4.78 is 7.12. The number of benzene rings is 1. The van der Waals surface area contributed by atoms with Gasteiger partial charge in [0.1, 0.15) is 5.75 Å². The Morgan fingerprint density at radius 3 is 3.00 bits per heavy atom.